The lowest BCUT2D eigenvalue weighted by molar-refractivity contribution is -0.113. The van der Waals surface area contributed by atoms with Gasteiger partial charge in [0.2, 0.25) is 11.1 Å². The summed E-state index contributed by atoms with van der Waals surface area (Å²) in [5, 5.41) is 10.4. The molecule has 0 saturated carbocycles. The van der Waals surface area contributed by atoms with Crippen molar-refractivity contribution in [2.75, 3.05) is 16.9 Å². The quantitative estimate of drug-likeness (QED) is 0.370. The number of benzene rings is 2. The largest absolute Gasteiger partial charge is 0.334 e. The Morgan fingerprint density at radius 1 is 1.07 bits per heavy atom. The van der Waals surface area contributed by atoms with Gasteiger partial charge < -0.3 is 11.2 Å². The van der Waals surface area contributed by atoms with Crippen molar-refractivity contribution in [3.05, 3.63) is 81.8 Å². The lowest BCUT2D eigenvalue weighted by Crippen LogP contribution is -2.32. The number of amides is 1. The zero-order valence-electron chi connectivity index (χ0n) is 15.0. The van der Waals surface area contributed by atoms with Gasteiger partial charge in [-0.1, -0.05) is 54.2 Å². The van der Waals surface area contributed by atoms with Gasteiger partial charge in [-0.05, 0) is 19.1 Å². The van der Waals surface area contributed by atoms with Crippen LogP contribution in [0.5, 0.6) is 0 Å². The summed E-state index contributed by atoms with van der Waals surface area (Å²) >= 11 is 0.975. The van der Waals surface area contributed by atoms with E-state index < -0.39 is 5.56 Å². The molecule has 3 rings (SSSR count). The SMILES string of the molecule is Cc1nnc(SCC(=O)Nc2ccccc2C(=O)c2ccccc2)n(N)c1=O. The molecule has 0 fully saturated rings. The molecule has 1 amide bonds. The van der Waals surface area contributed by atoms with Crippen LogP contribution in [-0.2, 0) is 4.79 Å². The number of para-hydroxylation sites is 1. The van der Waals surface area contributed by atoms with Crippen LogP contribution in [0.25, 0.3) is 0 Å². The third kappa shape index (κ3) is 4.26. The molecule has 0 unspecified atom stereocenters. The van der Waals surface area contributed by atoms with Crippen LogP contribution in [0.4, 0.5) is 5.69 Å². The number of nitrogen functional groups attached to an aromatic ring is 1. The average Bonchev–Trinajstić information content (AvgIpc) is 2.72. The normalized spacial score (nSPS) is 10.5. The number of carbonyl (C=O) groups is 2. The van der Waals surface area contributed by atoms with Gasteiger partial charge in [-0.15, -0.1) is 10.2 Å². The van der Waals surface area contributed by atoms with Crippen LogP contribution in [0.3, 0.4) is 0 Å². The van der Waals surface area contributed by atoms with E-state index in [2.05, 4.69) is 15.5 Å². The Hall–Kier alpha value is -3.46. The number of aromatic nitrogens is 3. The standard InChI is InChI=1S/C19H17N5O3S/c1-12-18(27)24(20)19(23-22-12)28-11-16(25)21-15-10-6-5-9-14(15)17(26)13-7-3-2-4-8-13/h2-10H,11,20H2,1H3,(H,21,25). The molecule has 0 bridgehead atoms. The van der Waals surface area contributed by atoms with Gasteiger partial charge in [0.05, 0.1) is 11.4 Å². The number of rotatable bonds is 6. The molecule has 3 aromatic rings. The molecular formula is C19H17N5O3S. The molecule has 0 spiro atoms. The van der Waals surface area contributed by atoms with Crippen molar-refractivity contribution in [2.45, 2.75) is 12.1 Å². The Bertz CT molecular complexity index is 1080. The minimum atomic E-state index is -0.475. The molecule has 8 nitrogen and oxygen atoms in total. The molecule has 2 aromatic carbocycles. The predicted molar refractivity (Wildman–Crippen MR) is 107 cm³/mol. The molecule has 0 atom stereocenters. The zero-order valence-corrected chi connectivity index (χ0v) is 15.8. The zero-order chi connectivity index (χ0) is 20.1. The molecule has 1 heterocycles. The first-order valence-electron chi connectivity index (χ1n) is 8.30. The number of hydrogen-bond donors (Lipinski definition) is 2. The number of nitrogens with zero attached hydrogens (tertiary/aromatic N) is 3. The first kappa shape index (κ1) is 19.3. The highest BCUT2D eigenvalue weighted by atomic mass is 32.2. The highest BCUT2D eigenvalue weighted by molar-refractivity contribution is 7.99. The lowest BCUT2D eigenvalue weighted by atomic mass is 10.0. The van der Waals surface area contributed by atoms with E-state index in [9.17, 15) is 14.4 Å². The Morgan fingerprint density at radius 2 is 1.75 bits per heavy atom. The van der Waals surface area contributed by atoms with E-state index in [0.29, 0.717) is 16.8 Å². The minimum Gasteiger partial charge on any atom is -0.334 e. The fourth-order valence-corrected chi connectivity index (χ4v) is 3.07. The molecule has 0 aliphatic carbocycles. The van der Waals surface area contributed by atoms with Crippen molar-refractivity contribution >= 4 is 29.1 Å². The van der Waals surface area contributed by atoms with E-state index in [1.165, 1.54) is 6.92 Å². The van der Waals surface area contributed by atoms with Gasteiger partial charge in [-0.25, -0.2) is 0 Å². The molecule has 0 radical (unpaired) electrons. The number of ketones is 1. The average molecular weight is 395 g/mol. The van der Waals surface area contributed by atoms with Crippen LogP contribution in [0.2, 0.25) is 0 Å². The summed E-state index contributed by atoms with van der Waals surface area (Å²) in [6, 6.07) is 15.6. The summed E-state index contributed by atoms with van der Waals surface area (Å²) < 4.78 is 0.854. The molecule has 28 heavy (non-hydrogen) atoms. The van der Waals surface area contributed by atoms with Gasteiger partial charge in [-0.2, -0.15) is 4.68 Å². The summed E-state index contributed by atoms with van der Waals surface area (Å²) in [6.45, 7) is 1.50. The maximum absolute atomic E-state index is 12.7. The van der Waals surface area contributed by atoms with E-state index in [-0.39, 0.29) is 28.3 Å². The number of nitrogens with two attached hydrogens (primary N) is 1. The molecule has 3 N–H and O–H groups in total. The number of nitrogens with one attached hydrogen (secondary N) is 1. The van der Waals surface area contributed by atoms with Crippen LogP contribution in [-0.4, -0.2) is 32.3 Å². The van der Waals surface area contributed by atoms with Gasteiger partial charge >= 0.3 is 0 Å². The van der Waals surface area contributed by atoms with Gasteiger partial charge in [-0.3, -0.25) is 14.4 Å². The molecule has 1 aromatic heterocycles. The van der Waals surface area contributed by atoms with Crippen LogP contribution < -0.4 is 16.7 Å². The highest BCUT2D eigenvalue weighted by Crippen LogP contribution is 2.20. The van der Waals surface area contributed by atoms with Crippen LogP contribution in [0.1, 0.15) is 21.6 Å². The maximum Gasteiger partial charge on any atom is 0.294 e. The van der Waals surface area contributed by atoms with Gasteiger partial charge in [0.1, 0.15) is 5.69 Å². The van der Waals surface area contributed by atoms with Crippen molar-refractivity contribution in [3.63, 3.8) is 0 Å². The van der Waals surface area contributed by atoms with Crippen molar-refractivity contribution in [1.29, 1.82) is 0 Å². The van der Waals surface area contributed by atoms with Gasteiger partial charge in [0.25, 0.3) is 5.56 Å². The Labute approximate surface area is 164 Å². The summed E-state index contributed by atoms with van der Waals surface area (Å²) in [4.78, 5) is 36.8. The fraction of sp³-hybridized carbons (Fsp3) is 0.105. The summed E-state index contributed by atoms with van der Waals surface area (Å²) in [5.74, 6) is 5.04. The maximum atomic E-state index is 12.7. The first-order valence-corrected chi connectivity index (χ1v) is 9.28. The number of thioether (sulfide) groups is 1. The third-order valence-electron chi connectivity index (χ3n) is 3.83. The number of aryl methyl sites for hydroxylation is 1. The van der Waals surface area contributed by atoms with E-state index >= 15 is 0 Å². The number of carbonyl (C=O) groups excluding carboxylic acids is 2. The van der Waals surface area contributed by atoms with E-state index in [1.807, 2.05) is 6.07 Å². The van der Waals surface area contributed by atoms with Crippen LogP contribution >= 0.6 is 11.8 Å². The molecule has 0 aliphatic heterocycles. The molecular weight excluding hydrogens is 378 g/mol. The van der Waals surface area contributed by atoms with Crippen molar-refractivity contribution in [1.82, 2.24) is 14.9 Å². The molecule has 0 saturated heterocycles. The Kier molecular flexibility index (Phi) is 5.85. The second-order valence-corrected chi connectivity index (χ2v) is 6.76. The van der Waals surface area contributed by atoms with Crippen LogP contribution in [0.15, 0.2) is 64.5 Å². The monoisotopic (exact) mass is 395 g/mol. The predicted octanol–water partition coefficient (Wildman–Crippen LogP) is 1.62. The lowest BCUT2D eigenvalue weighted by Gasteiger charge is -2.11. The van der Waals surface area contributed by atoms with Crippen molar-refractivity contribution in [3.8, 4) is 0 Å². The molecule has 142 valence electrons. The number of anilines is 1. The smallest absolute Gasteiger partial charge is 0.294 e. The Balaban J connectivity index is 1.72. The van der Waals surface area contributed by atoms with Gasteiger partial charge in [0.15, 0.2) is 5.78 Å². The van der Waals surface area contributed by atoms with E-state index in [1.54, 1.807) is 48.5 Å². The van der Waals surface area contributed by atoms with Gasteiger partial charge in [0, 0.05) is 11.1 Å². The summed E-state index contributed by atoms with van der Waals surface area (Å²) in [6.07, 6.45) is 0. The molecule has 0 aliphatic rings. The summed E-state index contributed by atoms with van der Waals surface area (Å²) in [5.41, 5.74) is 1.02. The van der Waals surface area contributed by atoms with Crippen LogP contribution in [0, 0.1) is 6.92 Å². The van der Waals surface area contributed by atoms with Crippen molar-refractivity contribution < 1.29 is 9.59 Å². The van der Waals surface area contributed by atoms with E-state index in [4.69, 9.17) is 5.84 Å². The first-order chi connectivity index (χ1) is 13.5. The summed E-state index contributed by atoms with van der Waals surface area (Å²) in [7, 11) is 0. The molecule has 9 heteroatoms. The minimum absolute atomic E-state index is 0.0533. The third-order valence-corrected chi connectivity index (χ3v) is 4.78. The second kappa shape index (κ2) is 8.49. The number of hydrogen-bond acceptors (Lipinski definition) is 7. The Morgan fingerprint density at radius 3 is 2.50 bits per heavy atom. The van der Waals surface area contributed by atoms with Crippen molar-refractivity contribution in [2.24, 2.45) is 0 Å². The highest BCUT2D eigenvalue weighted by Gasteiger charge is 2.16. The topological polar surface area (TPSA) is 120 Å². The fourth-order valence-electron chi connectivity index (χ4n) is 2.42. The van der Waals surface area contributed by atoms with E-state index in [0.717, 1.165) is 16.4 Å². The second-order valence-electron chi connectivity index (χ2n) is 5.82.